The first-order valence-corrected chi connectivity index (χ1v) is 4.79. The molecule has 0 aliphatic rings. The Kier molecular flexibility index (Phi) is 4.22. The second kappa shape index (κ2) is 5.27. The van der Waals surface area contributed by atoms with Gasteiger partial charge in [0.05, 0.1) is 14.2 Å². The van der Waals surface area contributed by atoms with E-state index in [1.54, 1.807) is 6.07 Å². The average molecular weight is 268 g/mol. The molecule has 1 rings (SSSR count). The van der Waals surface area contributed by atoms with Gasteiger partial charge in [-0.2, -0.15) is 13.2 Å². The van der Waals surface area contributed by atoms with Gasteiger partial charge in [-0.25, -0.2) is 4.99 Å². The van der Waals surface area contributed by atoms with Crippen molar-refractivity contribution in [2.45, 2.75) is 6.18 Å². The van der Waals surface area contributed by atoms with E-state index in [0.717, 1.165) is 0 Å². The molecule has 94 valence electrons. The van der Waals surface area contributed by atoms with E-state index in [9.17, 15) is 13.2 Å². The van der Waals surface area contributed by atoms with Crippen LogP contribution < -0.4 is 9.47 Å². The Labute approximate surface area is 101 Å². The molecule has 0 bridgehead atoms. The summed E-state index contributed by atoms with van der Waals surface area (Å²) >= 11 is 5.04. The van der Waals surface area contributed by atoms with Crippen molar-refractivity contribution in [1.29, 1.82) is 0 Å². The second-order valence-corrected chi connectivity index (χ2v) is 3.30. The van der Waals surface area contributed by atoms with Crippen LogP contribution in [0.4, 0.5) is 18.9 Å². The van der Waals surface area contributed by atoms with Crippen molar-refractivity contribution in [3.63, 3.8) is 0 Å². The summed E-state index contributed by atoms with van der Waals surface area (Å²) in [5, 5.41) is -1.47. The predicted octanol–water partition coefficient (Wildman–Crippen LogP) is 3.53. The Hall–Kier alpha value is -1.43. The summed E-state index contributed by atoms with van der Waals surface area (Å²) in [6, 6.07) is 4.28. The minimum absolute atomic E-state index is 0.0471. The lowest BCUT2D eigenvalue weighted by Gasteiger charge is -2.08. The fourth-order valence-corrected chi connectivity index (χ4v) is 1.14. The van der Waals surface area contributed by atoms with Gasteiger partial charge in [-0.05, 0) is 12.1 Å². The average Bonchev–Trinajstić information content (AvgIpc) is 2.27. The van der Waals surface area contributed by atoms with Crippen LogP contribution in [0.1, 0.15) is 0 Å². The van der Waals surface area contributed by atoms with Crippen molar-refractivity contribution in [3.8, 4) is 11.5 Å². The highest BCUT2D eigenvalue weighted by molar-refractivity contribution is 6.67. The molecule has 0 unspecified atom stereocenters. The number of halogens is 4. The van der Waals surface area contributed by atoms with Crippen LogP contribution in [-0.2, 0) is 0 Å². The van der Waals surface area contributed by atoms with Gasteiger partial charge < -0.3 is 9.47 Å². The van der Waals surface area contributed by atoms with Crippen LogP contribution in [-0.4, -0.2) is 25.6 Å². The maximum atomic E-state index is 12.2. The predicted molar refractivity (Wildman–Crippen MR) is 58.5 cm³/mol. The lowest BCUT2D eigenvalue weighted by atomic mass is 10.3. The standard InChI is InChI=1S/C10H9ClF3NO2/c1-16-6-3-4-8(17-2)7(5-6)15-9(11)10(12,13)14/h3-5H,1-2H3. The van der Waals surface area contributed by atoms with Gasteiger partial charge >= 0.3 is 6.18 Å². The molecule has 0 heterocycles. The highest BCUT2D eigenvalue weighted by atomic mass is 35.5. The molecule has 0 amide bonds. The molecule has 0 aliphatic heterocycles. The maximum Gasteiger partial charge on any atom is 0.444 e. The summed E-state index contributed by atoms with van der Waals surface area (Å²) in [6.07, 6.45) is -4.68. The van der Waals surface area contributed by atoms with E-state index in [1.165, 1.54) is 26.4 Å². The summed E-state index contributed by atoms with van der Waals surface area (Å²) in [5.41, 5.74) is -0.0471. The number of rotatable bonds is 3. The minimum atomic E-state index is -4.68. The Morgan fingerprint density at radius 2 is 1.88 bits per heavy atom. The van der Waals surface area contributed by atoms with Crippen LogP contribution in [0.5, 0.6) is 11.5 Å². The third-order valence-corrected chi connectivity index (χ3v) is 2.14. The Bertz CT molecular complexity index is 432. The molecule has 0 spiro atoms. The van der Waals surface area contributed by atoms with Gasteiger partial charge in [-0.1, -0.05) is 11.6 Å². The first kappa shape index (κ1) is 13.6. The van der Waals surface area contributed by atoms with Gasteiger partial charge in [0.15, 0.2) is 0 Å². The molecule has 0 N–H and O–H groups in total. The van der Waals surface area contributed by atoms with E-state index in [0.29, 0.717) is 5.75 Å². The molecule has 1 aromatic rings. The van der Waals surface area contributed by atoms with Crippen molar-refractivity contribution < 1.29 is 22.6 Å². The van der Waals surface area contributed by atoms with E-state index in [2.05, 4.69) is 4.99 Å². The van der Waals surface area contributed by atoms with E-state index < -0.39 is 11.3 Å². The molecule has 0 aromatic heterocycles. The Balaban J connectivity index is 3.20. The van der Waals surface area contributed by atoms with Gasteiger partial charge in [0.1, 0.15) is 17.2 Å². The molecule has 0 saturated heterocycles. The molecule has 3 nitrogen and oxygen atoms in total. The SMILES string of the molecule is COc1ccc(OC)c(N=C(Cl)C(F)(F)F)c1. The lowest BCUT2D eigenvalue weighted by Crippen LogP contribution is -2.16. The fourth-order valence-electron chi connectivity index (χ4n) is 1.05. The van der Waals surface area contributed by atoms with E-state index in [-0.39, 0.29) is 11.4 Å². The van der Waals surface area contributed by atoms with Gasteiger partial charge in [-0.15, -0.1) is 0 Å². The van der Waals surface area contributed by atoms with Gasteiger partial charge in [0.2, 0.25) is 5.17 Å². The summed E-state index contributed by atoms with van der Waals surface area (Å²) in [6.45, 7) is 0. The number of alkyl halides is 3. The maximum absolute atomic E-state index is 12.2. The van der Waals surface area contributed by atoms with Crippen molar-refractivity contribution in [1.82, 2.24) is 0 Å². The third-order valence-electron chi connectivity index (χ3n) is 1.84. The quantitative estimate of drug-likeness (QED) is 0.785. The monoisotopic (exact) mass is 267 g/mol. The van der Waals surface area contributed by atoms with Crippen molar-refractivity contribution in [2.75, 3.05) is 14.2 Å². The zero-order valence-corrected chi connectivity index (χ0v) is 9.76. The number of methoxy groups -OCH3 is 2. The molecule has 1 aromatic carbocycles. The van der Waals surface area contributed by atoms with E-state index in [4.69, 9.17) is 21.1 Å². The van der Waals surface area contributed by atoms with E-state index in [1.807, 2.05) is 0 Å². The van der Waals surface area contributed by atoms with Crippen LogP contribution in [0.2, 0.25) is 0 Å². The molecule has 0 radical (unpaired) electrons. The number of benzene rings is 1. The third kappa shape index (κ3) is 3.52. The van der Waals surface area contributed by atoms with Crippen LogP contribution in [0.25, 0.3) is 0 Å². The van der Waals surface area contributed by atoms with Gasteiger partial charge in [0.25, 0.3) is 0 Å². The molecule has 0 saturated carbocycles. The molecule has 17 heavy (non-hydrogen) atoms. The molecule has 7 heteroatoms. The summed E-state index contributed by atoms with van der Waals surface area (Å²) < 4.78 is 46.4. The first-order chi connectivity index (χ1) is 7.88. The summed E-state index contributed by atoms with van der Waals surface area (Å²) in [7, 11) is 2.71. The van der Waals surface area contributed by atoms with E-state index >= 15 is 0 Å². The zero-order valence-electron chi connectivity index (χ0n) is 9.01. The smallest absolute Gasteiger partial charge is 0.444 e. The topological polar surface area (TPSA) is 30.8 Å². The molecule has 0 aliphatic carbocycles. The number of aliphatic imine (C=N–C) groups is 1. The highest BCUT2D eigenvalue weighted by Gasteiger charge is 2.34. The number of hydrogen-bond donors (Lipinski definition) is 0. The first-order valence-electron chi connectivity index (χ1n) is 4.42. The van der Waals surface area contributed by atoms with Crippen molar-refractivity contribution in [2.24, 2.45) is 4.99 Å². The van der Waals surface area contributed by atoms with Crippen LogP contribution in [0.3, 0.4) is 0 Å². The second-order valence-electron chi connectivity index (χ2n) is 2.94. The van der Waals surface area contributed by atoms with Crippen LogP contribution in [0.15, 0.2) is 23.2 Å². The number of hydrogen-bond acceptors (Lipinski definition) is 3. The van der Waals surface area contributed by atoms with Crippen LogP contribution in [0, 0.1) is 0 Å². The van der Waals surface area contributed by atoms with Gasteiger partial charge in [0, 0.05) is 6.07 Å². The van der Waals surface area contributed by atoms with Crippen molar-refractivity contribution in [3.05, 3.63) is 18.2 Å². The summed E-state index contributed by atoms with van der Waals surface area (Å²) in [5.74, 6) is 0.532. The fraction of sp³-hybridized carbons (Fsp3) is 0.300. The number of ether oxygens (including phenoxy) is 2. The summed E-state index contributed by atoms with van der Waals surface area (Å²) in [4.78, 5) is 3.26. The highest BCUT2D eigenvalue weighted by Crippen LogP contribution is 2.33. The molecular weight excluding hydrogens is 259 g/mol. The van der Waals surface area contributed by atoms with Crippen molar-refractivity contribution >= 4 is 22.5 Å². The molecule has 0 atom stereocenters. The molecule has 0 fully saturated rings. The Morgan fingerprint density at radius 3 is 2.35 bits per heavy atom. The van der Waals surface area contributed by atoms with Crippen LogP contribution >= 0.6 is 11.6 Å². The minimum Gasteiger partial charge on any atom is -0.497 e. The zero-order chi connectivity index (χ0) is 13.1. The largest absolute Gasteiger partial charge is 0.497 e. The molecular formula is C10H9ClF3NO2. The normalized spacial score (nSPS) is 12.5. The Morgan fingerprint density at radius 1 is 1.24 bits per heavy atom. The number of nitrogens with zero attached hydrogens (tertiary/aromatic N) is 1. The lowest BCUT2D eigenvalue weighted by molar-refractivity contribution is -0.0558. The van der Waals surface area contributed by atoms with Gasteiger partial charge in [-0.3, -0.25) is 0 Å².